The lowest BCUT2D eigenvalue weighted by Crippen LogP contribution is -2.52. The van der Waals surface area contributed by atoms with E-state index in [4.69, 9.17) is 0 Å². The summed E-state index contributed by atoms with van der Waals surface area (Å²) in [6.45, 7) is 8.12. The Hall–Kier alpha value is -4.52. The molecule has 1 atom stereocenters. The third-order valence-electron chi connectivity index (χ3n) is 8.17. The maximum absolute atomic E-state index is 14.0. The minimum Gasteiger partial charge on any atom is -0.383 e. The topological polar surface area (TPSA) is 124 Å². The van der Waals surface area contributed by atoms with Gasteiger partial charge in [0.25, 0.3) is 0 Å². The number of pyridine rings is 1. The second kappa shape index (κ2) is 10.3. The van der Waals surface area contributed by atoms with Gasteiger partial charge in [0.2, 0.25) is 0 Å². The van der Waals surface area contributed by atoms with Crippen molar-refractivity contribution in [1.29, 1.82) is 10.5 Å². The molecule has 0 radical (unpaired) electrons. The molecule has 1 aliphatic carbocycles. The number of nitrogens with zero attached hydrogens (tertiary/aromatic N) is 4. The van der Waals surface area contributed by atoms with Gasteiger partial charge in [-0.05, 0) is 47.1 Å². The lowest BCUT2D eigenvalue weighted by atomic mass is 9.94. The Labute approximate surface area is 247 Å². The Bertz CT molecular complexity index is 1710. The Morgan fingerprint density at radius 2 is 1.86 bits per heavy atom. The molecular weight excluding hydrogens is 555 g/mol. The summed E-state index contributed by atoms with van der Waals surface area (Å²) in [4.78, 5) is 4.43. The molecule has 1 saturated carbocycles. The van der Waals surface area contributed by atoms with Crippen molar-refractivity contribution in [3.05, 3.63) is 76.2 Å². The molecule has 0 bridgehead atoms. The number of hydrogen-bond acceptors (Lipinski definition) is 9. The molecule has 0 saturated heterocycles. The number of hydrazine groups is 2. The summed E-state index contributed by atoms with van der Waals surface area (Å²) in [6.07, 6.45) is -1.43. The number of hydrogen-bond donors (Lipinski definition) is 5. The largest absolute Gasteiger partial charge is 0.413 e. The molecular formula is C31H32F3N9. The molecule has 5 N–H and O–H groups in total. The summed E-state index contributed by atoms with van der Waals surface area (Å²) >= 11 is 0. The number of halogens is 3. The first kappa shape index (κ1) is 28.6. The van der Waals surface area contributed by atoms with Gasteiger partial charge in [0, 0.05) is 43.1 Å². The fraction of sp³-hybridized carbons (Fsp3) is 0.387. The lowest BCUT2D eigenvalue weighted by molar-refractivity contribution is -0.195. The molecule has 12 heteroatoms. The van der Waals surface area contributed by atoms with E-state index in [0.29, 0.717) is 58.7 Å². The SMILES string of the molecule is CC(C)(C)CNc1c(C#N)cnc2c(C#N)cc(N[C@H](C3=CN(C4(C(F)(F)F)CC4)NN3)c3cccc4c3CNC4)cc12. The van der Waals surface area contributed by atoms with Crippen LogP contribution in [0.15, 0.2) is 48.4 Å². The van der Waals surface area contributed by atoms with Crippen LogP contribution in [0.25, 0.3) is 10.9 Å². The molecule has 3 heterocycles. The van der Waals surface area contributed by atoms with Crippen molar-refractivity contribution in [3.8, 4) is 12.1 Å². The normalized spacial score (nSPS) is 17.9. The summed E-state index contributed by atoms with van der Waals surface area (Å²) < 4.78 is 41.9. The van der Waals surface area contributed by atoms with Crippen LogP contribution in [0.5, 0.6) is 0 Å². The molecule has 0 unspecified atom stereocenters. The van der Waals surface area contributed by atoms with Crippen LogP contribution in [0.4, 0.5) is 24.5 Å². The molecule has 6 rings (SSSR count). The van der Waals surface area contributed by atoms with Gasteiger partial charge in [0.15, 0.2) is 5.54 Å². The van der Waals surface area contributed by atoms with Crippen molar-refractivity contribution in [3.63, 3.8) is 0 Å². The molecule has 3 aromatic rings. The average Bonchev–Trinajstić information content (AvgIpc) is 3.41. The van der Waals surface area contributed by atoms with Crippen molar-refractivity contribution in [2.75, 3.05) is 17.2 Å². The number of alkyl halides is 3. The molecule has 3 aliphatic rings. The zero-order valence-electron chi connectivity index (χ0n) is 24.1. The van der Waals surface area contributed by atoms with Crippen molar-refractivity contribution in [2.45, 2.75) is 64.5 Å². The van der Waals surface area contributed by atoms with Gasteiger partial charge in [-0.2, -0.15) is 23.7 Å². The molecule has 1 fully saturated rings. The van der Waals surface area contributed by atoms with Crippen LogP contribution in [-0.4, -0.2) is 28.3 Å². The van der Waals surface area contributed by atoms with Crippen molar-refractivity contribution in [1.82, 2.24) is 26.3 Å². The number of nitrogens with one attached hydrogen (secondary N) is 5. The van der Waals surface area contributed by atoms with E-state index in [-0.39, 0.29) is 18.3 Å². The molecule has 0 amide bonds. The first-order valence-electron chi connectivity index (χ1n) is 14.1. The van der Waals surface area contributed by atoms with E-state index in [9.17, 15) is 23.7 Å². The van der Waals surface area contributed by atoms with E-state index < -0.39 is 17.8 Å². The highest BCUT2D eigenvalue weighted by atomic mass is 19.4. The molecule has 43 heavy (non-hydrogen) atoms. The summed E-state index contributed by atoms with van der Waals surface area (Å²) in [5.41, 5.74) is 9.54. The van der Waals surface area contributed by atoms with Gasteiger partial charge in [0.05, 0.1) is 34.1 Å². The Balaban J connectivity index is 1.46. The van der Waals surface area contributed by atoms with Crippen LogP contribution in [0.2, 0.25) is 0 Å². The third-order valence-corrected chi connectivity index (χ3v) is 8.17. The van der Waals surface area contributed by atoms with E-state index in [1.54, 1.807) is 6.07 Å². The maximum atomic E-state index is 14.0. The monoisotopic (exact) mass is 587 g/mol. The highest BCUT2D eigenvalue weighted by Gasteiger charge is 2.67. The number of nitriles is 2. The van der Waals surface area contributed by atoms with Crippen LogP contribution in [-0.2, 0) is 13.1 Å². The van der Waals surface area contributed by atoms with Gasteiger partial charge in [-0.3, -0.25) is 9.99 Å². The molecule has 2 aromatic carbocycles. The van der Waals surface area contributed by atoms with Crippen LogP contribution in [0, 0.1) is 28.1 Å². The van der Waals surface area contributed by atoms with E-state index in [0.717, 1.165) is 21.7 Å². The molecule has 222 valence electrons. The minimum atomic E-state index is -4.39. The summed E-state index contributed by atoms with van der Waals surface area (Å²) in [6, 6.07) is 13.3. The number of aromatic nitrogens is 1. The number of benzene rings is 2. The average molecular weight is 588 g/mol. The van der Waals surface area contributed by atoms with Crippen LogP contribution >= 0.6 is 0 Å². The molecule has 0 spiro atoms. The van der Waals surface area contributed by atoms with Crippen molar-refractivity contribution >= 4 is 22.3 Å². The second-order valence-electron chi connectivity index (χ2n) is 12.5. The highest BCUT2D eigenvalue weighted by Crippen LogP contribution is 2.54. The van der Waals surface area contributed by atoms with Gasteiger partial charge in [-0.1, -0.05) is 39.0 Å². The first-order chi connectivity index (χ1) is 20.4. The van der Waals surface area contributed by atoms with Gasteiger partial charge >= 0.3 is 6.18 Å². The fourth-order valence-electron chi connectivity index (χ4n) is 5.70. The number of anilines is 2. The molecule has 2 aliphatic heterocycles. The van der Waals surface area contributed by atoms with E-state index >= 15 is 0 Å². The fourth-order valence-corrected chi connectivity index (χ4v) is 5.70. The Morgan fingerprint density at radius 1 is 1.09 bits per heavy atom. The van der Waals surface area contributed by atoms with Crippen LogP contribution < -0.4 is 26.9 Å². The predicted octanol–water partition coefficient (Wildman–Crippen LogP) is 5.45. The standard InChI is InChI=1S/C31H32F3N9/c1-29(2,3)17-39-27-20(12-36)14-38-26-19(11-35)9-21(10-23(26)27)40-28(22-6-4-5-18-13-37-15-24(18)22)25-16-43(42-41-25)30(7-8-30)31(32,33)34/h4-6,9-10,14,16,28,37,40-42H,7-8,13,15,17H2,1-3H3,(H,38,39)/t28-/m0/s1. The number of rotatable bonds is 7. The third kappa shape index (κ3) is 5.18. The Morgan fingerprint density at radius 3 is 2.53 bits per heavy atom. The predicted molar refractivity (Wildman–Crippen MR) is 157 cm³/mol. The number of fused-ring (bicyclic) bond motifs is 2. The van der Waals surface area contributed by atoms with E-state index in [1.807, 2.05) is 24.3 Å². The first-order valence-corrected chi connectivity index (χ1v) is 14.1. The summed E-state index contributed by atoms with van der Waals surface area (Å²) in [5, 5.41) is 31.9. The van der Waals surface area contributed by atoms with Gasteiger partial charge in [-0.25, -0.2) is 0 Å². The summed E-state index contributed by atoms with van der Waals surface area (Å²) in [7, 11) is 0. The minimum absolute atomic E-state index is 0.00643. The zero-order valence-corrected chi connectivity index (χ0v) is 24.1. The molecule has 1 aromatic heterocycles. The quantitative estimate of drug-likeness (QED) is 0.245. The van der Waals surface area contributed by atoms with Gasteiger partial charge in [-0.15, -0.1) is 5.53 Å². The van der Waals surface area contributed by atoms with E-state index in [2.05, 4.69) is 64.8 Å². The van der Waals surface area contributed by atoms with Gasteiger partial charge < -0.3 is 21.4 Å². The lowest BCUT2D eigenvalue weighted by Gasteiger charge is -2.28. The van der Waals surface area contributed by atoms with E-state index in [1.165, 1.54) is 12.4 Å². The maximum Gasteiger partial charge on any atom is 0.413 e. The highest BCUT2D eigenvalue weighted by molar-refractivity contribution is 5.99. The van der Waals surface area contributed by atoms with Crippen molar-refractivity contribution in [2.24, 2.45) is 5.41 Å². The van der Waals surface area contributed by atoms with Crippen LogP contribution in [0.3, 0.4) is 0 Å². The van der Waals surface area contributed by atoms with Crippen molar-refractivity contribution < 1.29 is 13.2 Å². The zero-order chi connectivity index (χ0) is 30.6. The van der Waals surface area contributed by atoms with Gasteiger partial charge in [0.1, 0.15) is 12.1 Å². The Kier molecular flexibility index (Phi) is 6.87. The smallest absolute Gasteiger partial charge is 0.383 e. The summed E-state index contributed by atoms with van der Waals surface area (Å²) in [5.74, 6) is 0. The molecule has 9 nitrogen and oxygen atoms in total. The second-order valence-corrected chi connectivity index (χ2v) is 12.5. The van der Waals surface area contributed by atoms with Crippen LogP contribution in [0.1, 0.15) is 67.5 Å².